The van der Waals surface area contributed by atoms with Crippen LogP contribution < -0.4 is 5.43 Å². The molecule has 0 saturated carbocycles. The van der Waals surface area contributed by atoms with Crippen molar-refractivity contribution in [2.45, 2.75) is 13.3 Å². The number of anilines is 1. The molecule has 0 aliphatic carbocycles. The number of rotatable bonds is 6. The van der Waals surface area contributed by atoms with Crippen molar-refractivity contribution in [3.8, 4) is 0 Å². The summed E-state index contributed by atoms with van der Waals surface area (Å²) in [5.74, 6) is -0.759. The lowest BCUT2D eigenvalue weighted by atomic mass is 10.1. The van der Waals surface area contributed by atoms with Crippen molar-refractivity contribution in [2.75, 3.05) is 12.0 Å². The van der Waals surface area contributed by atoms with Crippen LogP contribution in [0.5, 0.6) is 0 Å². The molecule has 0 saturated heterocycles. The van der Waals surface area contributed by atoms with Gasteiger partial charge in [0, 0.05) is 5.39 Å². The minimum absolute atomic E-state index is 0.0316. The molecule has 1 N–H and O–H groups in total. The number of hydrogen-bond donors (Lipinski definition) is 1. The molecule has 0 aromatic heterocycles. The Kier molecular flexibility index (Phi) is 5.04. The highest BCUT2D eigenvalue weighted by Crippen LogP contribution is 2.22. The lowest BCUT2D eigenvalue weighted by molar-refractivity contribution is -0.144. The Morgan fingerprint density at radius 2 is 1.95 bits per heavy atom. The van der Waals surface area contributed by atoms with E-state index in [1.54, 1.807) is 0 Å². The first kappa shape index (κ1) is 14.7. The summed E-state index contributed by atoms with van der Waals surface area (Å²) < 4.78 is 4.83. The van der Waals surface area contributed by atoms with Crippen LogP contribution in [0, 0.1) is 0 Å². The monoisotopic (exact) mass is 284 g/mol. The van der Waals surface area contributed by atoms with Crippen LogP contribution in [0.15, 0.2) is 47.6 Å². The van der Waals surface area contributed by atoms with Crippen molar-refractivity contribution in [3.63, 3.8) is 0 Å². The van der Waals surface area contributed by atoms with E-state index in [1.165, 1.54) is 13.1 Å². The minimum atomic E-state index is -0.542. The van der Waals surface area contributed by atoms with Crippen LogP contribution in [0.25, 0.3) is 10.8 Å². The Hall–Kier alpha value is -2.69. The van der Waals surface area contributed by atoms with Gasteiger partial charge in [-0.2, -0.15) is 5.10 Å². The first-order valence-corrected chi connectivity index (χ1v) is 6.57. The summed E-state index contributed by atoms with van der Waals surface area (Å²) in [6, 6.07) is 13.8. The zero-order valence-electron chi connectivity index (χ0n) is 11.7. The third-order valence-corrected chi connectivity index (χ3v) is 2.78. The molecule has 2 aromatic carbocycles. The maximum atomic E-state index is 11.1. The average Bonchev–Trinajstić information content (AvgIpc) is 2.46. The fourth-order valence-electron chi connectivity index (χ4n) is 1.86. The minimum Gasteiger partial charge on any atom is -0.459 e. The molecule has 5 nitrogen and oxygen atoms in total. The number of hydrazone groups is 1. The van der Waals surface area contributed by atoms with Crippen molar-refractivity contribution in [1.29, 1.82) is 0 Å². The first-order valence-electron chi connectivity index (χ1n) is 6.57. The average molecular weight is 284 g/mol. The van der Waals surface area contributed by atoms with Crippen LogP contribution in [0.3, 0.4) is 0 Å². The number of carbonyl (C=O) groups is 2. The van der Waals surface area contributed by atoms with E-state index in [4.69, 9.17) is 4.74 Å². The number of nitrogens with zero attached hydrogens (tertiary/aromatic N) is 1. The maximum absolute atomic E-state index is 11.1. The third-order valence-electron chi connectivity index (χ3n) is 2.78. The van der Waals surface area contributed by atoms with Gasteiger partial charge in [0.05, 0.1) is 11.9 Å². The van der Waals surface area contributed by atoms with Gasteiger partial charge in [0.1, 0.15) is 18.8 Å². The summed E-state index contributed by atoms with van der Waals surface area (Å²) in [6.45, 7) is 1.38. The highest BCUT2D eigenvalue weighted by atomic mass is 16.5. The molecule has 108 valence electrons. The number of ether oxygens (including phenoxy) is 1. The number of fused-ring (bicyclic) bond motifs is 1. The van der Waals surface area contributed by atoms with Crippen LogP contribution in [-0.4, -0.2) is 24.6 Å². The molecule has 21 heavy (non-hydrogen) atoms. The van der Waals surface area contributed by atoms with Crippen molar-refractivity contribution in [1.82, 2.24) is 0 Å². The molecule has 0 aliphatic rings. The van der Waals surface area contributed by atoms with Gasteiger partial charge in [-0.15, -0.1) is 0 Å². The molecular formula is C16H16N2O3. The van der Waals surface area contributed by atoms with Gasteiger partial charge in [-0.3, -0.25) is 15.0 Å². The molecular weight excluding hydrogens is 268 g/mol. The van der Waals surface area contributed by atoms with Gasteiger partial charge >= 0.3 is 5.97 Å². The zero-order chi connectivity index (χ0) is 15.1. The Balaban J connectivity index is 1.89. The van der Waals surface area contributed by atoms with Crippen LogP contribution in [0.1, 0.15) is 13.3 Å². The normalized spacial score (nSPS) is 10.7. The Morgan fingerprint density at radius 3 is 2.76 bits per heavy atom. The summed E-state index contributed by atoms with van der Waals surface area (Å²) in [6.07, 6.45) is 1.24. The Morgan fingerprint density at radius 1 is 1.19 bits per heavy atom. The number of carbonyl (C=O) groups excluding carboxylic acids is 2. The van der Waals surface area contributed by atoms with Gasteiger partial charge in [-0.25, -0.2) is 0 Å². The molecule has 0 atom stereocenters. The quantitative estimate of drug-likeness (QED) is 0.383. The van der Waals surface area contributed by atoms with Crippen LogP contribution >= 0.6 is 0 Å². The van der Waals surface area contributed by atoms with Crippen molar-refractivity contribution in [2.24, 2.45) is 5.10 Å². The largest absolute Gasteiger partial charge is 0.459 e. The number of hydrogen-bond acceptors (Lipinski definition) is 5. The summed E-state index contributed by atoms with van der Waals surface area (Å²) in [4.78, 5) is 21.8. The molecule has 0 aliphatic heterocycles. The van der Waals surface area contributed by atoms with Gasteiger partial charge in [0.2, 0.25) is 0 Å². The van der Waals surface area contributed by atoms with E-state index in [2.05, 4.69) is 10.5 Å². The molecule has 0 fully saturated rings. The number of Topliss-reactive ketones (excluding diaryl/α,β-unsaturated/α-hetero) is 1. The van der Waals surface area contributed by atoms with Gasteiger partial charge in [0.25, 0.3) is 0 Å². The molecule has 0 bridgehead atoms. The van der Waals surface area contributed by atoms with Gasteiger partial charge < -0.3 is 4.74 Å². The van der Waals surface area contributed by atoms with Crippen molar-refractivity contribution in [3.05, 3.63) is 42.5 Å². The molecule has 5 heteroatoms. The van der Waals surface area contributed by atoms with E-state index in [0.717, 1.165) is 16.5 Å². The summed E-state index contributed by atoms with van der Waals surface area (Å²) in [5, 5.41) is 6.18. The Labute approximate surface area is 122 Å². The lowest BCUT2D eigenvalue weighted by Gasteiger charge is -2.05. The maximum Gasteiger partial charge on any atom is 0.313 e. The number of nitrogens with one attached hydrogen (secondary N) is 1. The van der Waals surface area contributed by atoms with Crippen molar-refractivity contribution >= 4 is 34.4 Å². The third kappa shape index (κ3) is 4.42. The van der Waals surface area contributed by atoms with Gasteiger partial charge in [-0.05, 0) is 18.4 Å². The predicted octanol–water partition coefficient (Wildman–Crippen LogP) is 2.76. The van der Waals surface area contributed by atoms with Gasteiger partial charge in [0.15, 0.2) is 0 Å². The van der Waals surface area contributed by atoms with E-state index in [9.17, 15) is 9.59 Å². The van der Waals surface area contributed by atoms with Crippen molar-refractivity contribution < 1.29 is 14.3 Å². The van der Waals surface area contributed by atoms with E-state index in [-0.39, 0.29) is 18.8 Å². The van der Waals surface area contributed by atoms with E-state index < -0.39 is 5.97 Å². The number of ketones is 1. The molecule has 0 radical (unpaired) electrons. The number of benzene rings is 2. The predicted molar refractivity (Wildman–Crippen MR) is 82.3 cm³/mol. The van der Waals surface area contributed by atoms with Crippen LogP contribution in [0.2, 0.25) is 0 Å². The second kappa shape index (κ2) is 7.19. The topological polar surface area (TPSA) is 67.8 Å². The second-order valence-electron chi connectivity index (χ2n) is 4.51. The van der Waals surface area contributed by atoms with Crippen LogP contribution in [0.4, 0.5) is 5.69 Å². The molecule has 0 heterocycles. The highest BCUT2D eigenvalue weighted by Gasteiger charge is 2.04. The number of esters is 1. The molecule has 0 amide bonds. The van der Waals surface area contributed by atoms with Gasteiger partial charge in [-0.1, -0.05) is 36.4 Å². The molecule has 0 unspecified atom stereocenters. The van der Waals surface area contributed by atoms with E-state index in [1.807, 2.05) is 42.5 Å². The Bertz CT molecular complexity index is 675. The van der Waals surface area contributed by atoms with E-state index in [0.29, 0.717) is 0 Å². The highest BCUT2D eigenvalue weighted by molar-refractivity contribution is 5.95. The SMILES string of the molecule is CC(=O)CC(=O)OCC=NNc1cccc2ccccc12. The standard InChI is InChI=1S/C16H16N2O3/c1-12(19)11-16(20)21-10-9-17-18-15-8-4-6-13-5-2-3-7-14(13)15/h2-9,18H,10-11H2,1H3. The first-order chi connectivity index (χ1) is 10.2. The molecule has 2 aromatic rings. The lowest BCUT2D eigenvalue weighted by Crippen LogP contribution is -2.10. The summed E-state index contributed by atoms with van der Waals surface area (Å²) in [7, 11) is 0. The smallest absolute Gasteiger partial charge is 0.313 e. The second-order valence-corrected chi connectivity index (χ2v) is 4.51. The fraction of sp³-hybridized carbons (Fsp3) is 0.188. The molecule has 2 rings (SSSR count). The van der Waals surface area contributed by atoms with Crippen LogP contribution in [-0.2, 0) is 14.3 Å². The summed E-state index contributed by atoms with van der Waals surface area (Å²) >= 11 is 0. The summed E-state index contributed by atoms with van der Waals surface area (Å²) in [5.41, 5.74) is 3.79. The van der Waals surface area contributed by atoms with E-state index >= 15 is 0 Å². The molecule has 0 spiro atoms. The fourth-order valence-corrected chi connectivity index (χ4v) is 1.86. The zero-order valence-corrected chi connectivity index (χ0v) is 11.7.